The average Bonchev–Trinajstić information content (AvgIpc) is 2.74. The molecule has 7 heteroatoms. The summed E-state index contributed by atoms with van der Waals surface area (Å²) in [6.07, 6.45) is 0.109. The lowest BCUT2D eigenvalue weighted by molar-refractivity contribution is -0.128. The van der Waals surface area contributed by atoms with Crippen LogP contribution in [0.25, 0.3) is 11.0 Å². The number of rotatable bonds is 4. The number of imidazole rings is 1. The van der Waals surface area contributed by atoms with Crippen molar-refractivity contribution in [2.75, 3.05) is 0 Å². The van der Waals surface area contributed by atoms with Crippen molar-refractivity contribution < 1.29 is 9.59 Å². The zero-order valence-corrected chi connectivity index (χ0v) is 12.0. The van der Waals surface area contributed by atoms with Gasteiger partial charge in [-0.3, -0.25) is 29.6 Å². The second kappa shape index (κ2) is 6.25. The number of aryl methyl sites for hydroxylation is 2. The predicted molar refractivity (Wildman–Crippen MR) is 78.4 cm³/mol. The fourth-order valence-corrected chi connectivity index (χ4v) is 2.23. The number of amides is 2. The van der Waals surface area contributed by atoms with Crippen LogP contribution >= 0.6 is 0 Å². The number of hydrogen-bond acceptors (Lipinski definition) is 3. The van der Waals surface area contributed by atoms with Crippen LogP contribution in [-0.4, -0.2) is 20.9 Å². The number of nitrogens with zero attached hydrogens (tertiary/aromatic N) is 2. The maximum Gasteiger partial charge on any atom is 0.329 e. The van der Waals surface area contributed by atoms with Crippen molar-refractivity contribution in [2.24, 2.45) is 0 Å². The molecule has 0 saturated heterocycles. The van der Waals surface area contributed by atoms with Crippen LogP contribution in [0.3, 0.4) is 0 Å². The molecule has 0 fully saturated rings. The molecule has 0 radical (unpaired) electrons. The summed E-state index contributed by atoms with van der Waals surface area (Å²) in [6.45, 7) is 4.05. The summed E-state index contributed by atoms with van der Waals surface area (Å²) in [5.41, 5.74) is 6.02. The SMILES string of the molecule is CCn1c(=O)n(CCC(=O)NNC(C)=O)c2ccccc21. The van der Waals surface area contributed by atoms with Gasteiger partial charge >= 0.3 is 5.69 Å². The Hall–Kier alpha value is -2.57. The third-order valence-electron chi connectivity index (χ3n) is 3.18. The van der Waals surface area contributed by atoms with Gasteiger partial charge in [-0.05, 0) is 19.1 Å². The van der Waals surface area contributed by atoms with Gasteiger partial charge in [-0.25, -0.2) is 4.79 Å². The fourth-order valence-electron chi connectivity index (χ4n) is 2.23. The molecule has 0 saturated carbocycles. The lowest BCUT2D eigenvalue weighted by Gasteiger charge is -2.05. The number of hydrazine groups is 1. The smallest absolute Gasteiger partial charge is 0.292 e. The van der Waals surface area contributed by atoms with E-state index >= 15 is 0 Å². The van der Waals surface area contributed by atoms with E-state index < -0.39 is 0 Å². The lowest BCUT2D eigenvalue weighted by Crippen LogP contribution is -2.40. The van der Waals surface area contributed by atoms with Crippen LogP contribution < -0.4 is 16.5 Å². The van der Waals surface area contributed by atoms with Crippen LogP contribution in [0.15, 0.2) is 29.1 Å². The Labute approximate surface area is 121 Å². The summed E-state index contributed by atoms with van der Waals surface area (Å²) in [5.74, 6) is -0.687. The van der Waals surface area contributed by atoms with Gasteiger partial charge in [-0.15, -0.1) is 0 Å². The van der Waals surface area contributed by atoms with Gasteiger partial charge in [-0.1, -0.05) is 12.1 Å². The number of hydrogen-bond donors (Lipinski definition) is 2. The fraction of sp³-hybridized carbons (Fsp3) is 0.357. The molecule has 2 N–H and O–H groups in total. The summed E-state index contributed by atoms with van der Waals surface area (Å²) >= 11 is 0. The minimum atomic E-state index is -0.344. The van der Waals surface area contributed by atoms with E-state index in [0.29, 0.717) is 6.54 Å². The molecule has 2 amide bonds. The molecule has 2 rings (SSSR count). The summed E-state index contributed by atoms with van der Waals surface area (Å²) in [4.78, 5) is 34.6. The minimum Gasteiger partial charge on any atom is -0.292 e. The number of carbonyl (C=O) groups excluding carboxylic acids is 2. The van der Waals surface area contributed by atoms with Crippen LogP contribution in [0.5, 0.6) is 0 Å². The molecule has 21 heavy (non-hydrogen) atoms. The molecule has 0 spiro atoms. The Morgan fingerprint density at radius 2 is 1.71 bits per heavy atom. The van der Waals surface area contributed by atoms with E-state index in [4.69, 9.17) is 0 Å². The zero-order valence-electron chi connectivity index (χ0n) is 12.0. The molecular formula is C14H18N4O3. The lowest BCUT2D eigenvalue weighted by atomic mass is 10.3. The summed E-state index contributed by atoms with van der Waals surface area (Å²) in [6, 6.07) is 7.47. The number of aromatic nitrogens is 2. The van der Waals surface area contributed by atoms with E-state index in [-0.39, 0.29) is 30.5 Å². The quantitative estimate of drug-likeness (QED) is 0.798. The largest absolute Gasteiger partial charge is 0.329 e. The molecule has 1 aromatic carbocycles. The topological polar surface area (TPSA) is 85.1 Å². The van der Waals surface area contributed by atoms with E-state index in [1.54, 1.807) is 9.13 Å². The molecule has 0 unspecified atom stereocenters. The summed E-state index contributed by atoms with van der Waals surface area (Å²) in [7, 11) is 0. The minimum absolute atomic E-state index is 0.109. The van der Waals surface area contributed by atoms with Crippen LogP contribution in [0.4, 0.5) is 0 Å². The third kappa shape index (κ3) is 3.13. The number of nitrogens with one attached hydrogen (secondary N) is 2. The number of fused-ring (bicyclic) bond motifs is 1. The maximum atomic E-state index is 12.3. The predicted octanol–water partition coefficient (Wildman–Crippen LogP) is 0.380. The molecule has 1 aromatic heterocycles. The van der Waals surface area contributed by atoms with Gasteiger partial charge in [-0.2, -0.15) is 0 Å². The second-order valence-electron chi connectivity index (χ2n) is 4.65. The highest BCUT2D eigenvalue weighted by Crippen LogP contribution is 2.12. The van der Waals surface area contributed by atoms with Gasteiger partial charge in [0.05, 0.1) is 11.0 Å². The Bertz CT molecular complexity index is 729. The van der Waals surface area contributed by atoms with E-state index in [1.807, 2.05) is 31.2 Å². The van der Waals surface area contributed by atoms with Gasteiger partial charge in [0.1, 0.15) is 0 Å². The van der Waals surface area contributed by atoms with Gasteiger partial charge in [0.25, 0.3) is 0 Å². The number of para-hydroxylation sites is 2. The van der Waals surface area contributed by atoms with Gasteiger partial charge < -0.3 is 0 Å². The van der Waals surface area contributed by atoms with Crippen molar-refractivity contribution in [3.63, 3.8) is 0 Å². The van der Waals surface area contributed by atoms with Crippen molar-refractivity contribution in [2.45, 2.75) is 33.4 Å². The highest BCUT2D eigenvalue weighted by atomic mass is 16.2. The molecule has 2 aromatic rings. The van der Waals surface area contributed by atoms with Crippen LogP contribution in [0.2, 0.25) is 0 Å². The third-order valence-corrected chi connectivity index (χ3v) is 3.18. The number of benzene rings is 1. The van der Waals surface area contributed by atoms with Gasteiger partial charge in [0, 0.05) is 26.4 Å². The summed E-state index contributed by atoms with van der Waals surface area (Å²) < 4.78 is 3.24. The van der Waals surface area contributed by atoms with Gasteiger partial charge in [0.2, 0.25) is 11.8 Å². The van der Waals surface area contributed by atoms with E-state index in [0.717, 1.165) is 11.0 Å². The molecule has 0 atom stereocenters. The van der Waals surface area contributed by atoms with E-state index in [2.05, 4.69) is 10.9 Å². The molecule has 0 aliphatic rings. The Morgan fingerprint density at radius 1 is 1.10 bits per heavy atom. The maximum absolute atomic E-state index is 12.3. The second-order valence-corrected chi connectivity index (χ2v) is 4.65. The van der Waals surface area contributed by atoms with E-state index in [1.165, 1.54) is 6.92 Å². The molecule has 0 aliphatic carbocycles. The molecule has 0 bridgehead atoms. The van der Waals surface area contributed by atoms with Crippen LogP contribution in [-0.2, 0) is 22.7 Å². The Balaban J connectivity index is 2.19. The first-order valence-electron chi connectivity index (χ1n) is 6.78. The van der Waals surface area contributed by atoms with Crippen molar-refractivity contribution >= 4 is 22.8 Å². The molecule has 0 aliphatic heterocycles. The molecular weight excluding hydrogens is 272 g/mol. The molecule has 7 nitrogen and oxygen atoms in total. The van der Waals surface area contributed by atoms with Gasteiger partial charge in [0.15, 0.2) is 0 Å². The molecule has 112 valence electrons. The van der Waals surface area contributed by atoms with Crippen molar-refractivity contribution in [3.05, 3.63) is 34.7 Å². The first-order valence-corrected chi connectivity index (χ1v) is 6.78. The number of carbonyl (C=O) groups is 2. The average molecular weight is 290 g/mol. The van der Waals surface area contributed by atoms with Crippen molar-refractivity contribution in [1.29, 1.82) is 0 Å². The zero-order chi connectivity index (χ0) is 15.4. The van der Waals surface area contributed by atoms with Crippen LogP contribution in [0, 0.1) is 0 Å². The first-order chi connectivity index (χ1) is 10.0. The standard InChI is InChI=1S/C14H18N4O3/c1-3-17-11-6-4-5-7-12(11)18(14(17)21)9-8-13(20)16-15-10(2)19/h4-7H,3,8-9H2,1-2H3,(H,15,19)(H,16,20). The van der Waals surface area contributed by atoms with E-state index in [9.17, 15) is 14.4 Å². The van der Waals surface area contributed by atoms with Crippen LogP contribution in [0.1, 0.15) is 20.3 Å². The normalized spacial score (nSPS) is 10.6. The Morgan fingerprint density at radius 3 is 2.29 bits per heavy atom. The molecule has 1 heterocycles. The first kappa shape index (κ1) is 14.8. The monoisotopic (exact) mass is 290 g/mol. The van der Waals surface area contributed by atoms with Crippen molar-refractivity contribution in [3.8, 4) is 0 Å². The Kier molecular flexibility index (Phi) is 4.42. The summed E-state index contributed by atoms with van der Waals surface area (Å²) in [5, 5.41) is 0. The highest BCUT2D eigenvalue weighted by Gasteiger charge is 2.12. The highest BCUT2D eigenvalue weighted by molar-refractivity contribution is 5.81. The van der Waals surface area contributed by atoms with Crippen molar-refractivity contribution in [1.82, 2.24) is 20.0 Å².